The van der Waals surface area contributed by atoms with E-state index in [2.05, 4.69) is 85.5 Å². The van der Waals surface area contributed by atoms with Gasteiger partial charge in [0.25, 0.3) is 0 Å². The Morgan fingerprint density at radius 2 is 1.88 bits per heavy atom. The zero-order valence-electron chi connectivity index (χ0n) is 19.4. The van der Waals surface area contributed by atoms with Crippen molar-refractivity contribution in [2.24, 2.45) is 4.99 Å². The van der Waals surface area contributed by atoms with Gasteiger partial charge in [0, 0.05) is 51.3 Å². The third-order valence-corrected chi connectivity index (χ3v) is 6.15. The highest BCUT2D eigenvalue weighted by molar-refractivity contribution is 5.80. The lowest BCUT2D eigenvalue weighted by Crippen LogP contribution is -2.38. The number of rotatable bonds is 7. The van der Waals surface area contributed by atoms with E-state index in [0.717, 1.165) is 38.0 Å². The summed E-state index contributed by atoms with van der Waals surface area (Å²) >= 11 is 0. The average Bonchev–Trinajstić information content (AvgIpc) is 3.49. The molecule has 0 radical (unpaired) electrons. The van der Waals surface area contributed by atoms with E-state index in [4.69, 9.17) is 0 Å². The summed E-state index contributed by atoms with van der Waals surface area (Å²) < 4.78 is 2.16. The first-order valence-electron chi connectivity index (χ1n) is 11.5. The molecule has 2 heterocycles. The Morgan fingerprint density at radius 1 is 1.09 bits per heavy atom. The Bertz CT molecular complexity index is 1050. The maximum absolute atomic E-state index is 4.43. The molecule has 0 aliphatic carbocycles. The number of benzene rings is 2. The fraction of sp³-hybridized carbons (Fsp3) is 0.385. The monoisotopic (exact) mass is 430 g/mol. The van der Waals surface area contributed by atoms with Crippen molar-refractivity contribution in [1.82, 2.24) is 20.2 Å². The van der Waals surface area contributed by atoms with Gasteiger partial charge in [0.15, 0.2) is 5.96 Å². The van der Waals surface area contributed by atoms with Crippen LogP contribution in [0.3, 0.4) is 0 Å². The van der Waals surface area contributed by atoms with Crippen molar-refractivity contribution in [3.05, 3.63) is 83.4 Å². The van der Waals surface area contributed by atoms with Crippen molar-refractivity contribution in [1.29, 1.82) is 0 Å². The molecule has 3 aromatic rings. The van der Waals surface area contributed by atoms with Crippen molar-refractivity contribution < 1.29 is 0 Å². The molecule has 1 unspecified atom stereocenters. The molecule has 6 heteroatoms. The van der Waals surface area contributed by atoms with Gasteiger partial charge >= 0.3 is 0 Å². The second kappa shape index (κ2) is 10.4. The van der Waals surface area contributed by atoms with Gasteiger partial charge in [0.1, 0.15) is 5.82 Å². The minimum atomic E-state index is 0.166. The third-order valence-electron chi connectivity index (χ3n) is 6.15. The Morgan fingerprint density at radius 3 is 2.62 bits per heavy atom. The van der Waals surface area contributed by atoms with Gasteiger partial charge in [-0.2, -0.15) is 0 Å². The molecule has 4 rings (SSSR count). The van der Waals surface area contributed by atoms with Crippen LogP contribution >= 0.6 is 0 Å². The van der Waals surface area contributed by atoms with Gasteiger partial charge in [-0.25, -0.2) is 4.98 Å². The topological polar surface area (TPSA) is 57.5 Å². The van der Waals surface area contributed by atoms with E-state index in [1.54, 1.807) is 0 Å². The Kier molecular flexibility index (Phi) is 7.10. The van der Waals surface area contributed by atoms with Crippen LogP contribution in [0.5, 0.6) is 0 Å². The molecule has 32 heavy (non-hydrogen) atoms. The van der Waals surface area contributed by atoms with Crippen LogP contribution in [0.1, 0.15) is 48.3 Å². The second-order valence-electron chi connectivity index (χ2n) is 8.50. The highest BCUT2D eigenvalue weighted by Crippen LogP contribution is 2.24. The molecule has 1 fully saturated rings. The number of nitrogens with one attached hydrogen (secondary N) is 2. The van der Waals surface area contributed by atoms with Gasteiger partial charge < -0.3 is 20.1 Å². The minimum absolute atomic E-state index is 0.166. The van der Waals surface area contributed by atoms with Gasteiger partial charge in [-0.3, -0.25) is 4.99 Å². The molecule has 1 aliphatic rings. The van der Waals surface area contributed by atoms with Crippen LogP contribution < -0.4 is 15.5 Å². The first-order valence-corrected chi connectivity index (χ1v) is 11.5. The van der Waals surface area contributed by atoms with Crippen LogP contribution in [0.15, 0.2) is 65.9 Å². The number of anilines is 1. The van der Waals surface area contributed by atoms with Crippen molar-refractivity contribution in [3.63, 3.8) is 0 Å². The second-order valence-corrected chi connectivity index (χ2v) is 8.50. The number of guanidine groups is 1. The number of nitrogens with zero attached hydrogens (tertiary/aromatic N) is 4. The van der Waals surface area contributed by atoms with Crippen molar-refractivity contribution in [3.8, 4) is 0 Å². The Labute approximate surface area is 191 Å². The predicted molar refractivity (Wildman–Crippen MR) is 132 cm³/mol. The van der Waals surface area contributed by atoms with E-state index in [1.807, 2.05) is 26.4 Å². The van der Waals surface area contributed by atoms with Crippen LogP contribution in [-0.4, -0.2) is 35.6 Å². The summed E-state index contributed by atoms with van der Waals surface area (Å²) in [6, 6.07) is 17.7. The molecule has 6 nitrogen and oxygen atoms in total. The van der Waals surface area contributed by atoms with E-state index in [1.165, 1.54) is 35.2 Å². The minimum Gasteiger partial charge on any atom is -0.372 e. The van der Waals surface area contributed by atoms with Crippen LogP contribution in [0.2, 0.25) is 0 Å². The molecule has 1 atom stereocenters. The van der Waals surface area contributed by atoms with E-state index < -0.39 is 0 Å². The highest BCUT2D eigenvalue weighted by Gasteiger charge is 2.14. The van der Waals surface area contributed by atoms with E-state index in [-0.39, 0.29) is 6.04 Å². The van der Waals surface area contributed by atoms with Gasteiger partial charge in [0.05, 0.1) is 6.04 Å². The summed E-state index contributed by atoms with van der Waals surface area (Å²) in [4.78, 5) is 11.2. The molecule has 0 spiro atoms. The highest BCUT2D eigenvalue weighted by atomic mass is 15.2. The van der Waals surface area contributed by atoms with Gasteiger partial charge in [-0.05, 0) is 55.5 Å². The quantitative estimate of drug-likeness (QED) is 0.434. The van der Waals surface area contributed by atoms with Gasteiger partial charge in [0.2, 0.25) is 0 Å². The number of hydrogen-bond acceptors (Lipinski definition) is 3. The predicted octanol–water partition coefficient (Wildman–Crippen LogP) is 4.27. The summed E-state index contributed by atoms with van der Waals surface area (Å²) in [5.41, 5.74) is 5.09. The van der Waals surface area contributed by atoms with Crippen LogP contribution in [0.4, 0.5) is 5.69 Å². The number of hydrogen-bond donors (Lipinski definition) is 2. The van der Waals surface area contributed by atoms with Crippen LogP contribution in [0.25, 0.3) is 0 Å². The zero-order chi connectivity index (χ0) is 22.3. The molecule has 2 aromatic carbocycles. The molecule has 2 N–H and O–H groups in total. The van der Waals surface area contributed by atoms with Crippen molar-refractivity contribution in [2.75, 3.05) is 25.0 Å². The summed E-state index contributed by atoms with van der Waals surface area (Å²) in [6.07, 6.45) is 6.44. The van der Waals surface area contributed by atoms with E-state index in [9.17, 15) is 0 Å². The molecule has 168 valence electrons. The molecular weight excluding hydrogens is 396 g/mol. The molecule has 1 saturated heterocycles. The lowest BCUT2D eigenvalue weighted by molar-refractivity contribution is 0.684. The van der Waals surface area contributed by atoms with Crippen LogP contribution in [-0.2, 0) is 13.1 Å². The van der Waals surface area contributed by atoms with Crippen LogP contribution in [0, 0.1) is 6.92 Å². The summed E-state index contributed by atoms with van der Waals surface area (Å²) in [5.74, 6) is 1.83. The van der Waals surface area contributed by atoms with E-state index >= 15 is 0 Å². The summed E-state index contributed by atoms with van der Waals surface area (Å²) in [7, 11) is 1.82. The van der Waals surface area contributed by atoms with Gasteiger partial charge in [-0.1, -0.05) is 36.4 Å². The largest absolute Gasteiger partial charge is 0.372 e. The summed E-state index contributed by atoms with van der Waals surface area (Å²) in [6.45, 7) is 8.09. The summed E-state index contributed by atoms with van der Waals surface area (Å²) in [5, 5.41) is 7.00. The molecule has 0 amide bonds. The molecule has 0 saturated carbocycles. The van der Waals surface area contributed by atoms with Crippen molar-refractivity contribution in [2.45, 2.75) is 45.8 Å². The maximum Gasteiger partial charge on any atom is 0.191 e. The molecule has 0 bridgehead atoms. The first kappa shape index (κ1) is 21.9. The smallest absolute Gasteiger partial charge is 0.191 e. The number of aryl methyl sites for hydroxylation is 1. The third kappa shape index (κ3) is 5.49. The lowest BCUT2D eigenvalue weighted by Gasteiger charge is -2.22. The lowest BCUT2D eigenvalue weighted by atomic mass is 10.1. The SMILES string of the molecule is CN=C(NCc1cccc(Cn2ccnc2C)c1)NC(C)c1cccc(N2CCCC2)c1. The molecule has 1 aromatic heterocycles. The standard InChI is InChI=1S/C26H34N6/c1-20(24-10-7-11-25(17-24)31-13-4-5-14-31)30-26(27-3)29-18-22-8-6-9-23(16-22)19-32-15-12-28-21(32)2/h6-12,15-17,20H,4-5,13-14,18-19H2,1-3H3,(H2,27,29,30). The fourth-order valence-electron chi connectivity index (χ4n) is 4.24. The zero-order valence-corrected chi connectivity index (χ0v) is 19.4. The number of aliphatic imine (C=N–C) groups is 1. The number of imidazole rings is 1. The first-order chi connectivity index (χ1) is 15.6. The molecular formula is C26H34N6. The Hall–Kier alpha value is -3.28. The average molecular weight is 431 g/mol. The van der Waals surface area contributed by atoms with E-state index in [0.29, 0.717) is 0 Å². The molecule has 1 aliphatic heterocycles. The maximum atomic E-state index is 4.43. The normalized spacial score (nSPS) is 15.1. The van der Waals surface area contributed by atoms with Gasteiger partial charge in [-0.15, -0.1) is 0 Å². The fourth-order valence-corrected chi connectivity index (χ4v) is 4.24. The Balaban J connectivity index is 1.34. The number of aromatic nitrogens is 2. The van der Waals surface area contributed by atoms with Crippen molar-refractivity contribution >= 4 is 11.6 Å².